The van der Waals surface area contributed by atoms with Gasteiger partial charge in [0, 0.05) is 10.7 Å². The van der Waals surface area contributed by atoms with Gasteiger partial charge in [-0.3, -0.25) is 4.98 Å². The largest absolute Gasteiger partial charge is 0.465 e. The second-order valence-electron chi connectivity index (χ2n) is 4.68. The third-order valence-electron chi connectivity index (χ3n) is 3.17. The number of carbonyl (C=O) groups excluding carboxylic acids is 2. The molecule has 2 aromatic rings. The minimum atomic E-state index is -0.524. The lowest BCUT2D eigenvalue weighted by Crippen LogP contribution is -2.09. The summed E-state index contributed by atoms with van der Waals surface area (Å²) in [7, 11) is 2.60. The van der Waals surface area contributed by atoms with Gasteiger partial charge in [-0.15, -0.1) is 0 Å². The average Bonchev–Trinajstić information content (AvgIpc) is 2.65. The zero-order valence-electron chi connectivity index (χ0n) is 13.0. The van der Waals surface area contributed by atoms with E-state index >= 15 is 0 Å². The van der Waals surface area contributed by atoms with Crippen LogP contribution >= 0.6 is 31.9 Å². The highest BCUT2D eigenvalue weighted by Gasteiger charge is 2.19. The second kappa shape index (κ2) is 8.34. The zero-order valence-corrected chi connectivity index (χ0v) is 16.2. The van der Waals surface area contributed by atoms with Crippen LogP contribution in [-0.2, 0) is 20.1 Å². The number of ether oxygens (including phenoxy) is 2. The Hall–Kier alpha value is -1.80. The van der Waals surface area contributed by atoms with Crippen LogP contribution in [0.4, 0.5) is 0 Å². The summed E-state index contributed by atoms with van der Waals surface area (Å²) in [4.78, 5) is 32.8. The number of hydrogen-bond acceptors (Lipinski definition) is 6. The van der Waals surface area contributed by atoms with Gasteiger partial charge in [0.15, 0.2) is 0 Å². The lowest BCUT2D eigenvalue weighted by atomic mass is 10.1. The van der Waals surface area contributed by atoms with Crippen LogP contribution in [0.25, 0.3) is 11.4 Å². The molecule has 0 atom stereocenters. The molecule has 2 heterocycles. The third kappa shape index (κ3) is 3.99. The molecule has 0 saturated carbocycles. The first kappa shape index (κ1) is 18.5. The van der Waals surface area contributed by atoms with Crippen LogP contribution < -0.4 is 0 Å². The van der Waals surface area contributed by atoms with Gasteiger partial charge >= 0.3 is 11.9 Å². The molecule has 24 heavy (non-hydrogen) atoms. The molecular weight excluding hydrogens is 444 g/mol. The molecule has 0 aliphatic carbocycles. The van der Waals surface area contributed by atoms with Crippen molar-refractivity contribution in [3.63, 3.8) is 0 Å². The van der Waals surface area contributed by atoms with E-state index in [9.17, 15) is 9.59 Å². The maximum absolute atomic E-state index is 12.0. The number of halogens is 2. The highest BCUT2D eigenvalue weighted by atomic mass is 79.9. The highest BCUT2D eigenvalue weighted by molar-refractivity contribution is 9.08. The van der Waals surface area contributed by atoms with Crippen LogP contribution in [0.3, 0.4) is 0 Å². The molecule has 0 amide bonds. The van der Waals surface area contributed by atoms with E-state index in [2.05, 4.69) is 41.8 Å². The molecule has 8 heteroatoms. The number of carbonyl (C=O) groups is 2. The smallest absolute Gasteiger partial charge is 0.340 e. The zero-order chi connectivity index (χ0) is 17.7. The van der Waals surface area contributed by atoms with Gasteiger partial charge in [0.2, 0.25) is 0 Å². The van der Waals surface area contributed by atoms with E-state index in [-0.39, 0.29) is 5.56 Å². The summed E-state index contributed by atoms with van der Waals surface area (Å²) in [6, 6.07) is 6.52. The molecule has 0 N–H and O–H groups in total. The van der Waals surface area contributed by atoms with Crippen LogP contribution in [0, 0.1) is 0 Å². The average molecular weight is 458 g/mol. The van der Waals surface area contributed by atoms with Gasteiger partial charge in [0.1, 0.15) is 5.69 Å². The minimum absolute atomic E-state index is 0.275. The Balaban J connectivity index is 2.69. The van der Waals surface area contributed by atoms with Gasteiger partial charge in [-0.05, 0) is 24.3 Å². The molecule has 0 unspecified atom stereocenters. The number of alkyl halides is 2. The fraction of sp³-hybridized carbons (Fsp3) is 0.250. The van der Waals surface area contributed by atoms with Crippen molar-refractivity contribution in [3.8, 4) is 11.4 Å². The van der Waals surface area contributed by atoms with Crippen LogP contribution in [0.1, 0.15) is 32.1 Å². The Labute approximate surface area is 155 Å². The monoisotopic (exact) mass is 456 g/mol. The normalized spacial score (nSPS) is 10.3. The van der Waals surface area contributed by atoms with E-state index < -0.39 is 11.9 Å². The van der Waals surface area contributed by atoms with Gasteiger partial charge in [-0.2, -0.15) is 0 Å². The van der Waals surface area contributed by atoms with E-state index in [1.54, 1.807) is 24.3 Å². The second-order valence-corrected chi connectivity index (χ2v) is 5.80. The number of nitrogens with zero attached hydrogens (tertiary/aromatic N) is 2. The fourth-order valence-electron chi connectivity index (χ4n) is 2.06. The maximum Gasteiger partial charge on any atom is 0.340 e. The molecule has 0 saturated heterocycles. The van der Waals surface area contributed by atoms with Gasteiger partial charge in [0.25, 0.3) is 0 Å². The molecule has 0 bridgehead atoms. The predicted molar refractivity (Wildman–Crippen MR) is 95.4 cm³/mol. The molecule has 0 aliphatic rings. The molecule has 0 aliphatic heterocycles. The van der Waals surface area contributed by atoms with Gasteiger partial charge in [-0.25, -0.2) is 14.6 Å². The summed E-state index contributed by atoms with van der Waals surface area (Å²) in [5, 5.41) is 0.958. The highest BCUT2D eigenvalue weighted by Crippen LogP contribution is 2.24. The molecule has 0 aromatic carbocycles. The number of esters is 2. The quantitative estimate of drug-likeness (QED) is 0.505. The van der Waals surface area contributed by atoms with Crippen molar-refractivity contribution in [2.75, 3.05) is 14.2 Å². The first-order chi connectivity index (χ1) is 11.5. The Morgan fingerprint density at radius 3 is 2.21 bits per heavy atom. The molecule has 0 radical (unpaired) electrons. The molecule has 2 aromatic heterocycles. The van der Waals surface area contributed by atoms with Gasteiger partial charge in [-0.1, -0.05) is 31.9 Å². The molecule has 0 fully saturated rings. The standard InChI is InChI=1S/C16H14Br2N2O4/c1-23-15(21)9-5-11(8-18)19-13(6-9)14-12(16(22)24-2)4-3-10(7-17)20-14/h3-6H,7-8H2,1-2H3. The summed E-state index contributed by atoms with van der Waals surface area (Å²) in [5.74, 6) is -1.01. The van der Waals surface area contributed by atoms with Crippen LogP contribution in [-0.4, -0.2) is 36.1 Å². The van der Waals surface area contributed by atoms with E-state index in [4.69, 9.17) is 9.47 Å². The van der Waals surface area contributed by atoms with Crippen LogP contribution in [0.5, 0.6) is 0 Å². The summed E-state index contributed by atoms with van der Waals surface area (Å²) >= 11 is 6.66. The number of aromatic nitrogens is 2. The van der Waals surface area contributed by atoms with Crippen molar-refractivity contribution in [1.82, 2.24) is 9.97 Å². The van der Waals surface area contributed by atoms with E-state index in [0.717, 1.165) is 5.69 Å². The lowest BCUT2D eigenvalue weighted by Gasteiger charge is -2.11. The molecule has 0 spiro atoms. The molecule has 6 nitrogen and oxygen atoms in total. The molecule has 126 valence electrons. The van der Waals surface area contributed by atoms with Crippen molar-refractivity contribution in [2.24, 2.45) is 0 Å². The maximum atomic E-state index is 12.0. The first-order valence-electron chi connectivity index (χ1n) is 6.83. The van der Waals surface area contributed by atoms with Crippen molar-refractivity contribution < 1.29 is 19.1 Å². The first-order valence-corrected chi connectivity index (χ1v) is 9.08. The molecule has 2 rings (SSSR count). The van der Waals surface area contributed by atoms with Crippen LogP contribution in [0.15, 0.2) is 24.3 Å². The van der Waals surface area contributed by atoms with E-state index in [1.165, 1.54) is 14.2 Å². The fourth-order valence-corrected chi connectivity index (χ4v) is 2.66. The number of rotatable bonds is 5. The Bertz CT molecular complexity index is 781. The van der Waals surface area contributed by atoms with Crippen molar-refractivity contribution in [3.05, 3.63) is 46.8 Å². The molecular formula is C16H14Br2N2O4. The minimum Gasteiger partial charge on any atom is -0.465 e. The van der Waals surface area contributed by atoms with E-state index in [1.807, 2.05) is 0 Å². The summed E-state index contributed by atoms with van der Waals surface area (Å²) < 4.78 is 9.58. The Morgan fingerprint density at radius 1 is 0.958 bits per heavy atom. The number of hydrogen-bond donors (Lipinski definition) is 0. The Kier molecular flexibility index (Phi) is 6.44. The number of pyridine rings is 2. The number of methoxy groups -OCH3 is 2. The summed E-state index contributed by atoms with van der Waals surface area (Å²) in [5.41, 5.74) is 2.71. The lowest BCUT2D eigenvalue weighted by molar-refractivity contribution is 0.0593. The van der Waals surface area contributed by atoms with Gasteiger partial charge < -0.3 is 9.47 Å². The predicted octanol–water partition coefficient (Wildman–Crippen LogP) is 3.51. The van der Waals surface area contributed by atoms with Gasteiger partial charge in [0.05, 0.1) is 42.4 Å². The SMILES string of the molecule is COC(=O)c1cc(CBr)nc(-c2nc(CBr)ccc2C(=O)OC)c1. The summed E-state index contributed by atoms with van der Waals surface area (Å²) in [6.07, 6.45) is 0. The topological polar surface area (TPSA) is 78.4 Å². The Morgan fingerprint density at radius 2 is 1.62 bits per heavy atom. The van der Waals surface area contributed by atoms with Crippen molar-refractivity contribution in [1.29, 1.82) is 0 Å². The van der Waals surface area contributed by atoms with Crippen molar-refractivity contribution >= 4 is 43.8 Å². The van der Waals surface area contributed by atoms with E-state index in [0.29, 0.717) is 33.3 Å². The van der Waals surface area contributed by atoms with Crippen molar-refractivity contribution in [2.45, 2.75) is 10.7 Å². The third-order valence-corrected chi connectivity index (χ3v) is 4.32. The van der Waals surface area contributed by atoms with Crippen LogP contribution in [0.2, 0.25) is 0 Å². The summed E-state index contributed by atoms with van der Waals surface area (Å²) in [6.45, 7) is 0.